The van der Waals surface area contributed by atoms with Gasteiger partial charge in [0, 0.05) is 24.7 Å². The molecule has 2 aromatic carbocycles. The Bertz CT molecular complexity index is 736. The molecule has 0 bridgehead atoms. The summed E-state index contributed by atoms with van der Waals surface area (Å²) in [6.07, 6.45) is 0.0560. The number of hydrogen-bond acceptors (Lipinski definition) is 4. The summed E-state index contributed by atoms with van der Waals surface area (Å²) in [6, 6.07) is 11.8. The van der Waals surface area contributed by atoms with Crippen molar-refractivity contribution in [3.05, 3.63) is 57.6 Å². The second-order valence-electron chi connectivity index (χ2n) is 5.96. The van der Waals surface area contributed by atoms with E-state index in [-0.39, 0.29) is 12.9 Å². The van der Waals surface area contributed by atoms with Gasteiger partial charge in [0.2, 0.25) is 6.79 Å². The summed E-state index contributed by atoms with van der Waals surface area (Å²) in [6.45, 7) is 3.44. The molecule has 1 fully saturated rings. The lowest BCUT2D eigenvalue weighted by atomic mass is 10.1. The second kappa shape index (κ2) is 6.81. The van der Waals surface area contributed by atoms with Crippen LogP contribution in [0.3, 0.4) is 0 Å². The standard InChI is InChI=1S/C18H17Cl2NO3/c19-14-3-1-13(2-4-14)17-10-21(5-6-22-17)9-12-7-15(20)18-16(8-12)23-11-24-18/h1-4,7-8,17H,5-6,9-11H2/t17-/m0/s1. The fourth-order valence-electron chi connectivity index (χ4n) is 3.10. The second-order valence-corrected chi connectivity index (χ2v) is 6.80. The van der Waals surface area contributed by atoms with Crippen LogP contribution in [0.15, 0.2) is 36.4 Å². The molecule has 0 spiro atoms. The van der Waals surface area contributed by atoms with Crippen LogP contribution in [0.5, 0.6) is 11.5 Å². The Hall–Kier alpha value is -1.46. The summed E-state index contributed by atoms with van der Waals surface area (Å²) in [7, 11) is 0. The van der Waals surface area contributed by atoms with Gasteiger partial charge in [-0.15, -0.1) is 0 Å². The van der Waals surface area contributed by atoms with Gasteiger partial charge >= 0.3 is 0 Å². The molecule has 2 heterocycles. The van der Waals surface area contributed by atoms with Gasteiger partial charge < -0.3 is 14.2 Å². The fourth-order valence-corrected chi connectivity index (χ4v) is 3.51. The van der Waals surface area contributed by atoms with E-state index in [0.717, 1.165) is 41.5 Å². The first-order chi connectivity index (χ1) is 11.7. The first kappa shape index (κ1) is 16.0. The molecule has 24 heavy (non-hydrogen) atoms. The van der Waals surface area contributed by atoms with Crippen molar-refractivity contribution < 1.29 is 14.2 Å². The number of benzene rings is 2. The topological polar surface area (TPSA) is 30.9 Å². The third kappa shape index (κ3) is 3.33. The molecule has 0 amide bonds. The van der Waals surface area contributed by atoms with Crippen LogP contribution in [-0.2, 0) is 11.3 Å². The highest BCUT2D eigenvalue weighted by atomic mass is 35.5. The Morgan fingerprint density at radius 2 is 1.92 bits per heavy atom. The summed E-state index contributed by atoms with van der Waals surface area (Å²) in [4.78, 5) is 2.36. The van der Waals surface area contributed by atoms with Gasteiger partial charge in [0.1, 0.15) is 0 Å². The van der Waals surface area contributed by atoms with Gasteiger partial charge in [-0.2, -0.15) is 0 Å². The van der Waals surface area contributed by atoms with E-state index in [1.165, 1.54) is 0 Å². The lowest BCUT2D eigenvalue weighted by Crippen LogP contribution is -2.37. The highest BCUT2D eigenvalue weighted by Crippen LogP contribution is 2.40. The van der Waals surface area contributed by atoms with Crippen molar-refractivity contribution in [2.75, 3.05) is 26.5 Å². The van der Waals surface area contributed by atoms with Crippen molar-refractivity contribution in [3.63, 3.8) is 0 Å². The first-order valence-corrected chi connectivity index (χ1v) is 8.62. The quantitative estimate of drug-likeness (QED) is 0.811. The number of hydrogen-bond donors (Lipinski definition) is 0. The van der Waals surface area contributed by atoms with E-state index in [9.17, 15) is 0 Å². The average molecular weight is 366 g/mol. The van der Waals surface area contributed by atoms with Crippen LogP contribution < -0.4 is 9.47 Å². The molecule has 1 saturated heterocycles. The van der Waals surface area contributed by atoms with Crippen LogP contribution in [0.2, 0.25) is 10.0 Å². The Morgan fingerprint density at radius 1 is 1.08 bits per heavy atom. The molecule has 0 radical (unpaired) electrons. The van der Waals surface area contributed by atoms with Crippen LogP contribution in [0.25, 0.3) is 0 Å². The van der Waals surface area contributed by atoms with Crippen LogP contribution >= 0.6 is 23.2 Å². The number of rotatable bonds is 3. The molecule has 6 heteroatoms. The number of fused-ring (bicyclic) bond motifs is 1. The van der Waals surface area contributed by atoms with E-state index < -0.39 is 0 Å². The maximum Gasteiger partial charge on any atom is 0.231 e. The van der Waals surface area contributed by atoms with Crippen molar-refractivity contribution in [1.82, 2.24) is 4.90 Å². The summed E-state index contributed by atoms with van der Waals surface area (Å²) in [5.74, 6) is 1.36. The molecular weight excluding hydrogens is 349 g/mol. The average Bonchev–Trinajstić information content (AvgIpc) is 3.05. The fraction of sp³-hybridized carbons (Fsp3) is 0.333. The molecule has 1 atom stereocenters. The molecule has 2 aliphatic heterocycles. The lowest BCUT2D eigenvalue weighted by Gasteiger charge is -2.33. The maximum atomic E-state index is 6.27. The number of halogens is 2. The molecule has 0 aliphatic carbocycles. The SMILES string of the molecule is Clc1ccc([C@@H]2CN(Cc3cc(Cl)c4c(c3)OCO4)CCO2)cc1. The van der Waals surface area contributed by atoms with Crippen molar-refractivity contribution in [2.24, 2.45) is 0 Å². The van der Waals surface area contributed by atoms with Crippen molar-refractivity contribution in [2.45, 2.75) is 12.6 Å². The molecule has 4 rings (SSSR count). The molecule has 0 saturated carbocycles. The van der Waals surface area contributed by atoms with Gasteiger partial charge in [0.15, 0.2) is 11.5 Å². The highest BCUT2D eigenvalue weighted by Gasteiger charge is 2.24. The molecule has 0 aromatic heterocycles. The van der Waals surface area contributed by atoms with Crippen LogP contribution in [0.4, 0.5) is 0 Å². The number of morpholine rings is 1. The zero-order chi connectivity index (χ0) is 16.5. The van der Waals surface area contributed by atoms with Crippen molar-refractivity contribution in [1.29, 1.82) is 0 Å². The third-order valence-electron chi connectivity index (χ3n) is 4.29. The summed E-state index contributed by atoms with van der Waals surface area (Å²) in [5.41, 5.74) is 2.26. The maximum absolute atomic E-state index is 6.27. The predicted molar refractivity (Wildman–Crippen MR) is 93.0 cm³/mol. The van der Waals surface area contributed by atoms with Crippen LogP contribution in [0, 0.1) is 0 Å². The van der Waals surface area contributed by atoms with Crippen LogP contribution in [-0.4, -0.2) is 31.4 Å². The molecular formula is C18H17Cl2NO3. The third-order valence-corrected chi connectivity index (χ3v) is 4.82. The molecule has 126 valence electrons. The van der Waals surface area contributed by atoms with Gasteiger partial charge in [-0.05, 0) is 35.4 Å². The minimum Gasteiger partial charge on any atom is -0.454 e. The van der Waals surface area contributed by atoms with Crippen LogP contribution in [0.1, 0.15) is 17.2 Å². The molecule has 2 aromatic rings. The van der Waals surface area contributed by atoms with Gasteiger partial charge in [-0.25, -0.2) is 0 Å². The Kier molecular flexibility index (Phi) is 4.55. The molecule has 0 N–H and O–H groups in total. The largest absolute Gasteiger partial charge is 0.454 e. The van der Waals surface area contributed by atoms with E-state index in [1.807, 2.05) is 36.4 Å². The van der Waals surface area contributed by atoms with E-state index in [4.69, 9.17) is 37.4 Å². The monoisotopic (exact) mass is 365 g/mol. The van der Waals surface area contributed by atoms with E-state index in [0.29, 0.717) is 17.4 Å². The van der Waals surface area contributed by atoms with E-state index in [2.05, 4.69) is 4.90 Å². The lowest BCUT2D eigenvalue weighted by molar-refractivity contribution is -0.0329. The van der Waals surface area contributed by atoms with Gasteiger partial charge in [-0.3, -0.25) is 4.90 Å². The number of nitrogens with zero attached hydrogens (tertiary/aromatic N) is 1. The smallest absolute Gasteiger partial charge is 0.231 e. The Balaban J connectivity index is 1.47. The zero-order valence-electron chi connectivity index (χ0n) is 13.0. The summed E-state index contributed by atoms with van der Waals surface area (Å²) < 4.78 is 16.7. The predicted octanol–water partition coefficient (Wildman–Crippen LogP) is 4.30. The minimum atomic E-state index is 0.0560. The molecule has 2 aliphatic rings. The molecule has 0 unspecified atom stereocenters. The van der Waals surface area contributed by atoms with Gasteiger partial charge in [0.25, 0.3) is 0 Å². The van der Waals surface area contributed by atoms with E-state index in [1.54, 1.807) is 0 Å². The minimum absolute atomic E-state index is 0.0560. The van der Waals surface area contributed by atoms with Crippen molar-refractivity contribution in [3.8, 4) is 11.5 Å². The molecule has 4 nitrogen and oxygen atoms in total. The Labute approximate surface area is 150 Å². The van der Waals surface area contributed by atoms with Gasteiger partial charge in [-0.1, -0.05) is 35.3 Å². The summed E-state index contributed by atoms with van der Waals surface area (Å²) in [5, 5.41) is 1.34. The first-order valence-electron chi connectivity index (χ1n) is 7.86. The normalized spacial score (nSPS) is 20.3. The highest BCUT2D eigenvalue weighted by molar-refractivity contribution is 6.32. The number of ether oxygens (including phenoxy) is 3. The summed E-state index contributed by atoms with van der Waals surface area (Å²) >= 11 is 12.2. The van der Waals surface area contributed by atoms with Gasteiger partial charge in [0.05, 0.1) is 17.7 Å². The van der Waals surface area contributed by atoms with Crippen molar-refractivity contribution >= 4 is 23.2 Å². The zero-order valence-corrected chi connectivity index (χ0v) is 14.5. The Morgan fingerprint density at radius 3 is 2.75 bits per heavy atom. The van der Waals surface area contributed by atoms with E-state index >= 15 is 0 Å².